The molecule has 0 aliphatic carbocycles. The first-order valence-electron chi connectivity index (χ1n) is 12.5. The van der Waals surface area contributed by atoms with Crippen molar-refractivity contribution < 1.29 is 31.8 Å². The fraction of sp³-hybridized carbons (Fsp3) is 0.556. The highest BCUT2D eigenvalue weighted by Crippen LogP contribution is 2.36. The van der Waals surface area contributed by atoms with E-state index in [0.29, 0.717) is 25.4 Å². The molecular weight excluding hydrogens is 476 g/mol. The van der Waals surface area contributed by atoms with Gasteiger partial charge in [0, 0.05) is 38.2 Å². The number of piperidine rings is 1. The van der Waals surface area contributed by atoms with Crippen LogP contribution in [0.25, 0.3) is 0 Å². The number of hydrogen-bond acceptors (Lipinski definition) is 5. The predicted molar refractivity (Wildman–Crippen MR) is 128 cm³/mol. The van der Waals surface area contributed by atoms with Crippen LogP contribution in [0.1, 0.15) is 36.8 Å². The highest BCUT2D eigenvalue weighted by molar-refractivity contribution is 5.29. The average molecular weight is 511 g/mol. The van der Waals surface area contributed by atoms with Gasteiger partial charge in [0.15, 0.2) is 5.79 Å². The van der Waals surface area contributed by atoms with Crippen LogP contribution in [0.2, 0.25) is 0 Å². The second kappa shape index (κ2) is 11.9. The van der Waals surface area contributed by atoms with E-state index in [9.17, 15) is 17.6 Å². The largest absolute Gasteiger partial charge is 0.490 e. The summed E-state index contributed by atoms with van der Waals surface area (Å²) in [6.45, 7) is 5.62. The maximum Gasteiger partial charge on any atom is 0.416 e. The van der Waals surface area contributed by atoms with Crippen LogP contribution in [0.3, 0.4) is 0 Å². The first-order valence-corrected chi connectivity index (χ1v) is 12.5. The average Bonchev–Trinajstić information content (AvgIpc) is 3.34. The van der Waals surface area contributed by atoms with Crippen LogP contribution in [0.5, 0.6) is 5.75 Å². The third kappa shape index (κ3) is 7.18. The lowest BCUT2D eigenvalue weighted by atomic mass is 10.0. The van der Waals surface area contributed by atoms with Gasteiger partial charge >= 0.3 is 6.18 Å². The lowest BCUT2D eigenvalue weighted by Gasteiger charge is -2.33. The molecule has 9 heteroatoms. The topological polar surface area (TPSA) is 34.2 Å². The zero-order chi connectivity index (χ0) is 25.6. The Kier molecular flexibility index (Phi) is 8.87. The molecule has 0 amide bonds. The standard InChI is InChI=1S/C27H34F4N2O3/c1-32(14-2-13-26(34-19-20-35-26)21-3-7-23(28)8-4-21)17-18-33-15-11-25(12-16-33)36-24-9-5-22(6-10-24)27(29,30)31/h3-10,25H,2,11-20H2,1H3. The number of rotatable bonds is 10. The Bertz CT molecular complexity index is 939. The molecule has 2 aromatic carbocycles. The summed E-state index contributed by atoms with van der Waals surface area (Å²) in [6, 6.07) is 11.3. The molecule has 0 unspecified atom stereocenters. The van der Waals surface area contributed by atoms with E-state index in [0.717, 1.165) is 69.7 Å². The van der Waals surface area contributed by atoms with E-state index in [2.05, 4.69) is 16.8 Å². The Hall–Kier alpha value is -2.20. The van der Waals surface area contributed by atoms with Gasteiger partial charge in [-0.05, 0) is 69.3 Å². The van der Waals surface area contributed by atoms with Crippen LogP contribution in [0.4, 0.5) is 17.6 Å². The highest BCUT2D eigenvalue weighted by atomic mass is 19.4. The number of hydrogen-bond donors (Lipinski definition) is 0. The number of benzene rings is 2. The van der Waals surface area contributed by atoms with E-state index in [1.807, 2.05) is 0 Å². The van der Waals surface area contributed by atoms with Gasteiger partial charge in [0.1, 0.15) is 17.7 Å². The van der Waals surface area contributed by atoms with Gasteiger partial charge in [-0.3, -0.25) is 0 Å². The minimum Gasteiger partial charge on any atom is -0.490 e. The third-order valence-electron chi connectivity index (χ3n) is 6.90. The number of likely N-dealkylation sites (tertiary alicyclic amines) is 1. The van der Waals surface area contributed by atoms with E-state index in [1.165, 1.54) is 24.3 Å². The molecule has 2 aliphatic heterocycles. The third-order valence-corrected chi connectivity index (χ3v) is 6.90. The molecule has 4 rings (SSSR count). The van der Waals surface area contributed by atoms with Gasteiger partial charge in [-0.2, -0.15) is 13.2 Å². The lowest BCUT2D eigenvalue weighted by molar-refractivity contribution is -0.172. The molecule has 2 heterocycles. The fourth-order valence-electron chi connectivity index (χ4n) is 4.79. The van der Waals surface area contributed by atoms with Crippen LogP contribution in [-0.2, 0) is 21.4 Å². The number of alkyl halides is 3. The van der Waals surface area contributed by atoms with Gasteiger partial charge in [-0.15, -0.1) is 0 Å². The normalized spacial score (nSPS) is 19.2. The van der Waals surface area contributed by atoms with Gasteiger partial charge < -0.3 is 24.0 Å². The summed E-state index contributed by atoms with van der Waals surface area (Å²) in [5.74, 6) is -0.583. The second-order valence-electron chi connectivity index (χ2n) is 9.54. The summed E-state index contributed by atoms with van der Waals surface area (Å²) in [4.78, 5) is 4.68. The van der Waals surface area contributed by atoms with Crippen molar-refractivity contribution in [3.05, 3.63) is 65.5 Å². The first-order chi connectivity index (χ1) is 17.2. The van der Waals surface area contributed by atoms with E-state index in [-0.39, 0.29) is 11.9 Å². The van der Waals surface area contributed by atoms with Crippen molar-refractivity contribution in [2.75, 3.05) is 53.0 Å². The van der Waals surface area contributed by atoms with Crippen LogP contribution in [0, 0.1) is 5.82 Å². The van der Waals surface area contributed by atoms with Crippen molar-refractivity contribution in [2.45, 2.75) is 43.8 Å². The van der Waals surface area contributed by atoms with Gasteiger partial charge in [0.25, 0.3) is 0 Å². The monoisotopic (exact) mass is 510 g/mol. The van der Waals surface area contributed by atoms with Crippen molar-refractivity contribution in [2.24, 2.45) is 0 Å². The molecule has 36 heavy (non-hydrogen) atoms. The molecule has 0 spiro atoms. The summed E-state index contributed by atoms with van der Waals surface area (Å²) in [5.41, 5.74) is 0.188. The highest BCUT2D eigenvalue weighted by Gasteiger charge is 2.38. The molecule has 0 saturated carbocycles. The molecule has 0 radical (unpaired) electrons. The Morgan fingerprint density at radius 1 is 0.972 bits per heavy atom. The van der Waals surface area contributed by atoms with Crippen molar-refractivity contribution in [3.8, 4) is 5.75 Å². The SMILES string of the molecule is CN(CCCC1(c2ccc(F)cc2)OCCO1)CCN1CCC(Oc2ccc(C(F)(F)F)cc2)CC1. The molecule has 5 nitrogen and oxygen atoms in total. The molecule has 2 fully saturated rings. The van der Waals surface area contributed by atoms with Crippen LogP contribution in [-0.4, -0.2) is 68.9 Å². The molecule has 0 bridgehead atoms. The van der Waals surface area contributed by atoms with Crippen molar-refractivity contribution in [1.82, 2.24) is 9.80 Å². The maximum absolute atomic E-state index is 13.3. The molecule has 2 aromatic rings. The Morgan fingerprint density at radius 2 is 1.61 bits per heavy atom. The van der Waals surface area contributed by atoms with Gasteiger partial charge in [0.05, 0.1) is 18.8 Å². The zero-order valence-electron chi connectivity index (χ0n) is 20.6. The number of nitrogens with zero attached hydrogens (tertiary/aromatic N) is 2. The molecule has 2 aliphatic rings. The molecular formula is C27H34F4N2O3. The first kappa shape index (κ1) is 26.9. The summed E-state index contributed by atoms with van der Waals surface area (Å²) >= 11 is 0. The van der Waals surface area contributed by atoms with E-state index in [4.69, 9.17) is 14.2 Å². The fourth-order valence-corrected chi connectivity index (χ4v) is 4.79. The molecule has 0 atom stereocenters. The van der Waals surface area contributed by atoms with Crippen molar-refractivity contribution in [3.63, 3.8) is 0 Å². The van der Waals surface area contributed by atoms with Crippen LogP contribution >= 0.6 is 0 Å². The molecule has 0 aromatic heterocycles. The minimum absolute atomic E-state index is 0.0183. The van der Waals surface area contributed by atoms with Gasteiger partial charge in [0.2, 0.25) is 0 Å². The van der Waals surface area contributed by atoms with Gasteiger partial charge in [-0.25, -0.2) is 4.39 Å². The number of halogens is 4. The zero-order valence-corrected chi connectivity index (χ0v) is 20.6. The van der Waals surface area contributed by atoms with Crippen LogP contribution < -0.4 is 4.74 Å². The smallest absolute Gasteiger partial charge is 0.416 e. The van der Waals surface area contributed by atoms with Gasteiger partial charge in [-0.1, -0.05) is 12.1 Å². The minimum atomic E-state index is -4.33. The maximum atomic E-state index is 13.3. The number of ether oxygens (including phenoxy) is 3. The Labute approximate surface area is 209 Å². The molecule has 198 valence electrons. The van der Waals surface area contributed by atoms with Crippen molar-refractivity contribution in [1.29, 1.82) is 0 Å². The van der Waals surface area contributed by atoms with E-state index in [1.54, 1.807) is 12.1 Å². The summed E-state index contributed by atoms with van der Waals surface area (Å²) in [7, 11) is 2.10. The van der Waals surface area contributed by atoms with Crippen LogP contribution in [0.15, 0.2) is 48.5 Å². The quantitative estimate of drug-likeness (QED) is 0.406. The number of likely N-dealkylation sites (N-methyl/N-ethyl adjacent to an activating group) is 1. The lowest BCUT2D eigenvalue weighted by Crippen LogP contribution is -2.41. The van der Waals surface area contributed by atoms with E-state index >= 15 is 0 Å². The molecule has 2 saturated heterocycles. The molecule has 0 N–H and O–H groups in total. The second-order valence-corrected chi connectivity index (χ2v) is 9.54. The Morgan fingerprint density at radius 3 is 2.22 bits per heavy atom. The van der Waals surface area contributed by atoms with E-state index < -0.39 is 17.5 Å². The summed E-state index contributed by atoms with van der Waals surface area (Å²) in [6.07, 6.45) is -1.03. The predicted octanol–water partition coefficient (Wildman–Crippen LogP) is 5.30. The summed E-state index contributed by atoms with van der Waals surface area (Å²) in [5, 5.41) is 0. The summed E-state index contributed by atoms with van der Waals surface area (Å²) < 4.78 is 69.3. The van der Waals surface area contributed by atoms with Crippen molar-refractivity contribution >= 4 is 0 Å². The Balaban J connectivity index is 1.14.